The molecule has 0 aliphatic carbocycles. The Balaban J connectivity index is 0.00000386. The van der Waals surface area contributed by atoms with E-state index in [1.54, 1.807) is 24.3 Å². The molecule has 0 saturated carbocycles. The van der Waals surface area contributed by atoms with Gasteiger partial charge in [-0.05, 0) is 42.5 Å². The molecule has 0 bridgehead atoms. The van der Waals surface area contributed by atoms with Gasteiger partial charge in [-0.15, -0.1) is 12.4 Å². The van der Waals surface area contributed by atoms with Crippen molar-refractivity contribution in [3.63, 3.8) is 0 Å². The van der Waals surface area contributed by atoms with Crippen molar-refractivity contribution in [3.05, 3.63) is 82.9 Å². The summed E-state index contributed by atoms with van der Waals surface area (Å²) >= 11 is 0. The monoisotopic (exact) mass is 696 g/mol. The van der Waals surface area contributed by atoms with Crippen molar-refractivity contribution in [2.24, 2.45) is 20.0 Å². The molecule has 3 aromatic carbocycles. The van der Waals surface area contributed by atoms with Crippen LogP contribution >= 0.6 is 12.4 Å². The standard InChI is InChI=1S/C30H32N10O4S2.ClH/c41-45(42,39-25-16-19(27-31-8-9-32-27)4-6-23(25)29-35-12-13-36-29)21-2-1-3-22(18-21)46(43,44)40-26-17-20(28-33-10-11-34-28)5-7-24(26)30-37-14-15-38-30;/h1-7,16-18,39-40H,8-15H2,(H,31,32)(H,33,34)(H,35,36)(H,37,38);1H. The molecule has 47 heavy (non-hydrogen) atoms. The predicted molar refractivity (Wildman–Crippen MR) is 186 cm³/mol. The lowest BCUT2D eigenvalue weighted by molar-refractivity contribution is 0.599. The van der Waals surface area contributed by atoms with Crippen LogP contribution in [0, 0.1) is 0 Å². The highest BCUT2D eigenvalue weighted by Crippen LogP contribution is 2.27. The zero-order valence-corrected chi connectivity index (χ0v) is 27.5. The lowest BCUT2D eigenvalue weighted by Gasteiger charge is -2.17. The Kier molecular flexibility index (Phi) is 9.07. The number of anilines is 2. The van der Waals surface area contributed by atoms with Crippen LogP contribution in [0.2, 0.25) is 0 Å². The van der Waals surface area contributed by atoms with Crippen LogP contribution in [-0.4, -0.2) is 92.5 Å². The molecule has 4 heterocycles. The third-order valence-electron chi connectivity index (χ3n) is 7.71. The van der Waals surface area contributed by atoms with Crippen LogP contribution in [-0.2, 0) is 20.0 Å². The van der Waals surface area contributed by atoms with Crippen LogP contribution in [0.25, 0.3) is 0 Å². The molecule has 0 radical (unpaired) electrons. The van der Waals surface area contributed by atoms with E-state index in [0.717, 1.165) is 17.2 Å². The fourth-order valence-corrected chi connectivity index (χ4v) is 7.83. The van der Waals surface area contributed by atoms with Crippen molar-refractivity contribution in [3.8, 4) is 0 Å². The van der Waals surface area contributed by atoms with Crippen LogP contribution in [0.3, 0.4) is 0 Å². The fraction of sp³-hybridized carbons (Fsp3) is 0.267. The number of sulfonamides is 2. The van der Waals surface area contributed by atoms with Crippen molar-refractivity contribution < 1.29 is 16.8 Å². The Labute approximate surface area is 278 Å². The van der Waals surface area contributed by atoms with Crippen LogP contribution in [0.15, 0.2) is 90.4 Å². The summed E-state index contributed by atoms with van der Waals surface area (Å²) in [4.78, 5) is 17.4. The minimum absolute atomic E-state index is 0. The summed E-state index contributed by atoms with van der Waals surface area (Å²) in [5.41, 5.74) is 3.18. The summed E-state index contributed by atoms with van der Waals surface area (Å²) in [5, 5.41) is 12.8. The van der Waals surface area contributed by atoms with Crippen molar-refractivity contribution in [2.75, 3.05) is 61.8 Å². The molecule has 0 saturated heterocycles. The Morgan fingerprint density at radius 3 is 1.26 bits per heavy atom. The molecular formula is C30H33ClN10O4S2. The third kappa shape index (κ3) is 6.75. The van der Waals surface area contributed by atoms with Gasteiger partial charge in [-0.2, -0.15) is 0 Å². The normalized spacial score (nSPS) is 17.2. The van der Waals surface area contributed by atoms with Gasteiger partial charge in [-0.25, -0.2) is 16.8 Å². The molecule has 0 aromatic heterocycles. The molecule has 4 aliphatic rings. The number of aliphatic imine (C=N–C) groups is 4. The molecular weight excluding hydrogens is 664 g/mol. The topological polar surface area (TPSA) is 190 Å². The van der Waals surface area contributed by atoms with E-state index >= 15 is 0 Å². The quantitative estimate of drug-likeness (QED) is 0.182. The number of benzene rings is 3. The first-order valence-corrected chi connectivity index (χ1v) is 17.8. The molecule has 0 atom stereocenters. The van der Waals surface area contributed by atoms with Gasteiger partial charge in [0.25, 0.3) is 20.0 Å². The molecule has 0 fully saturated rings. The maximum Gasteiger partial charge on any atom is 0.261 e. The van der Waals surface area contributed by atoms with E-state index in [1.165, 1.54) is 18.2 Å². The maximum absolute atomic E-state index is 13.8. The zero-order chi connectivity index (χ0) is 31.7. The molecule has 6 N–H and O–H groups in total. The Morgan fingerprint density at radius 1 is 0.511 bits per heavy atom. The first-order valence-electron chi connectivity index (χ1n) is 14.9. The van der Waals surface area contributed by atoms with Gasteiger partial charge in [0, 0.05) is 48.4 Å². The Bertz CT molecular complexity index is 1920. The van der Waals surface area contributed by atoms with Crippen molar-refractivity contribution in [1.29, 1.82) is 0 Å². The van der Waals surface area contributed by atoms with Crippen LogP contribution in [0.1, 0.15) is 22.3 Å². The second-order valence-electron chi connectivity index (χ2n) is 10.8. The first kappa shape index (κ1) is 32.3. The SMILES string of the molecule is Cl.O=S(=O)(Nc1cc(C2=NCCN2)ccc1C1=NCCN1)c1cccc(S(=O)(=O)Nc2cc(C3=NCCN3)ccc2C2=NCCN2)c1. The van der Waals surface area contributed by atoms with E-state index < -0.39 is 20.0 Å². The number of hydrogen-bond acceptors (Lipinski definition) is 12. The molecule has 17 heteroatoms. The molecule has 7 rings (SSSR count). The van der Waals surface area contributed by atoms with E-state index in [1.807, 2.05) is 12.1 Å². The van der Waals surface area contributed by atoms with Crippen molar-refractivity contribution >= 4 is 67.2 Å². The molecule has 0 amide bonds. The van der Waals surface area contributed by atoms with Gasteiger partial charge in [0.2, 0.25) is 0 Å². The number of halogens is 1. The lowest BCUT2D eigenvalue weighted by Crippen LogP contribution is -2.25. The second kappa shape index (κ2) is 13.2. The lowest BCUT2D eigenvalue weighted by atomic mass is 10.1. The van der Waals surface area contributed by atoms with E-state index in [0.29, 0.717) is 98.2 Å². The van der Waals surface area contributed by atoms with E-state index in [-0.39, 0.29) is 22.2 Å². The summed E-state index contributed by atoms with van der Waals surface area (Å²) in [5.74, 6) is 2.49. The highest BCUT2D eigenvalue weighted by Gasteiger charge is 2.25. The summed E-state index contributed by atoms with van der Waals surface area (Å²) in [6.07, 6.45) is 0. The molecule has 4 aliphatic heterocycles. The summed E-state index contributed by atoms with van der Waals surface area (Å²) in [7, 11) is -8.48. The number of nitrogens with zero attached hydrogens (tertiary/aromatic N) is 4. The highest BCUT2D eigenvalue weighted by molar-refractivity contribution is 7.93. The fourth-order valence-electron chi connectivity index (χ4n) is 5.52. The summed E-state index contributed by atoms with van der Waals surface area (Å²) in [6.45, 7) is 5.08. The van der Waals surface area contributed by atoms with E-state index in [2.05, 4.69) is 50.7 Å². The zero-order valence-electron chi connectivity index (χ0n) is 25.1. The Hall–Kier alpha value is -4.67. The molecule has 0 spiro atoms. The van der Waals surface area contributed by atoms with Gasteiger partial charge in [0.1, 0.15) is 23.3 Å². The summed E-state index contributed by atoms with van der Waals surface area (Å²) < 4.78 is 60.5. The van der Waals surface area contributed by atoms with Crippen LogP contribution in [0.5, 0.6) is 0 Å². The molecule has 3 aromatic rings. The number of nitrogens with one attached hydrogen (secondary N) is 6. The summed E-state index contributed by atoms with van der Waals surface area (Å²) in [6, 6.07) is 15.9. The maximum atomic E-state index is 13.8. The smallest absolute Gasteiger partial charge is 0.261 e. The minimum atomic E-state index is -4.24. The van der Waals surface area contributed by atoms with Gasteiger partial charge in [0.05, 0.1) is 47.3 Å². The average Bonchev–Trinajstić information content (AvgIpc) is 3.89. The van der Waals surface area contributed by atoms with E-state index in [9.17, 15) is 16.8 Å². The molecule has 0 unspecified atom stereocenters. The van der Waals surface area contributed by atoms with Gasteiger partial charge < -0.3 is 21.3 Å². The van der Waals surface area contributed by atoms with Gasteiger partial charge in [0.15, 0.2) is 0 Å². The van der Waals surface area contributed by atoms with Gasteiger partial charge in [-0.3, -0.25) is 29.4 Å². The average molecular weight is 697 g/mol. The minimum Gasteiger partial charge on any atom is -0.368 e. The predicted octanol–water partition coefficient (Wildman–Crippen LogP) is 1.11. The number of rotatable bonds is 10. The van der Waals surface area contributed by atoms with Crippen LogP contribution in [0.4, 0.5) is 11.4 Å². The van der Waals surface area contributed by atoms with Gasteiger partial charge >= 0.3 is 0 Å². The number of hydrogen-bond donors (Lipinski definition) is 6. The third-order valence-corrected chi connectivity index (χ3v) is 10.4. The van der Waals surface area contributed by atoms with Crippen molar-refractivity contribution in [2.45, 2.75) is 9.79 Å². The first-order chi connectivity index (χ1) is 22.3. The van der Waals surface area contributed by atoms with Crippen molar-refractivity contribution in [1.82, 2.24) is 21.3 Å². The molecule has 14 nitrogen and oxygen atoms in total. The van der Waals surface area contributed by atoms with E-state index in [4.69, 9.17) is 0 Å². The largest absolute Gasteiger partial charge is 0.368 e. The number of amidine groups is 4. The highest BCUT2D eigenvalue weighted by atomic mass is 35.5. The molecule has 246 valence electrons. The Morgan fingerprint density at radius 2 is 0.894 bits per heavy atom. The van der Waals surface area contributed by atoms with Crippen LogP contribution < -0.4 is 30.7 Å². The second-order valence-corrected chi connectivity index (χ2v) is 14.2. The van der Waals surface area contributed by atoms with Gasteiger partial charge in [-0.1, -0.05) is 18.2 Å².